The maximum atomic E-state index is 5.74. The van der Waals surface area contributed by atoms with Gasteiger partial charge in [-0.15, -0.1) is 0 Å². The fourth-order valence-corrected chi connectivity index (χ4v) is 1.78. The van der Waals surface area contributed by atoms with Gasteiger partial charge in [0.15, 0.2) is 5.96 Å². The molecular formula is C10H21N3O. The molecule has 0 aromatic heterocycles. The SMILES string of the molecule is COC1CCC(N=C(N)NC(C)C)C1. The Kier molecular flexibility index (Phi) is 4.20. The zero-order chi connectivity index (χ0) is 10.6. The van der Waals surface area contributed by atoms with Crippen LogP contribution in [-0.4, -0.2) is 31.3 Å². The molecule has 1 aliphatic carbocycles. The molecule has 1 aliphatic rings. The molecule has 82 valence electrons. The van der Waals surface area contributed by atoms with E-state index in [9.17, 15) is 0 Å². The predicted molar refractivity (Wildman–Crippen MR) is 58.3 cm³/mol. The maximum Gasteiger partial charge on any atom is 0.189 e. The number of nitrogens with zero attached hydrogens (tertiary/aromatic N) is 1. The summed E-state index contributed by atoms with van der Waals surface area (Å²) in [6.45, 7) is 4.10. The van der Waals surface area contributed by atoms with Crippen LogP contribution in [0.15, 0.2) is 4.99 Å². The van der Waals surface area contributed by atoms with Crippen molar-refractivity contribution in [1.29, 1.82) is 0 Å². The van der Waals surface area contributed by atoms with Crippen LogP contribution in [0.1, 0.15) is 33.1 Å². The first-order chi connectivity index (χ1) is 6.61. The van der Waals surface area contributed by atoms with E-state index in [0.717, 1.165) is 19.3 Å². The van der Waals surface area contributed by atoms with E-state index >= 15 is 0 Å². The van der Waals surface area contributed by atoms with Crippen LogP contribution in [0.5, 0.6) is 0 Å². The summed E-state index contributed by atoms with van der Waals surface area (Å²) in [6, 6.07) is 0.685. The molecule has 0 saturated heterocycles. The Bertz CT molecular complexity index is 204. The van der Waals surface area contributed by atoms with E-state index in [-0.39, 0.29) is 0 Å². The van der Waals surface area contributed by atoms with E-state index in [1.807, 2.05) is 0 Å². The fourth-order valence-electron chi connectivity index (χ4n) is 1.78. The molecule has 0 spiro atoms. The molecule has 1 saturated carbocycles. The zero-order valence-corrected chi connectivity index (χ0v) is 9.29. The van der Waals surface area contributed by atoms with Crippen LogP contribution in [-0.2, 0) is 4.74 Å². The molecule has 0 aromatic carbocycles. The largest absolute Gasteiger partial charge is 0.381 e. The molecule has 14 heavy (non-hydrogen) atoms. The first kappa shape index (κ1) is 11.3. The highest BCUT2D eigenvalue weighted by molar-refractivity contribution is 5.78. The number of nitrogens with two attached hydrogens (primary N) is 1. The Morgan fingerprint density at radius 2 is 2.21 bits per heavy atom. The van der Waals surface area contributed by atoms with Crippen LogP contribution in [0.2, 0.25) is 0 Å². The van der Waals surface area contributed by atoms with Gasteiger partial charge in [0.05, 0.1) is 12.1 Å². The van der Waals surface area contributed by atoms with E-state index in [0.29, 0.717) is 24.1 Å². The van der Waals surface area contributed by atoms with Gasteiger partial charge in [-0.05, 0) is 33.1 Å². The number of ether oxygens (including phenoxy) is 1. The minimum absolute atomic E-state index is 0.339. The van der Waals surface area contributed by atoms with Gasteiger partial charge < -0.3 is 15.8 Å². The van der Waals surface area contributed by atoms with E-state index < -0.39 is 0 Å². The van der Waals surface area contributed by atoms with Gasteiger partial charge in [0.2, 0.25) is 0 Å². The summed E-state index contributed by atoms with van der Waals surface area (Å²) >= 11 is 0. The van der Waals surface area contributed by atoms with Gasteiger partial charge in [0.1, 0.15) is 0 Å². The van der Waals surface area contributed by atoms with Gasteiger partial charge >= 0.3 is 0 Å². The summed E-state index contributed by atoms with van der Waals surface area (Å²) in [7, 11) is 1.76. The number of hydrogen-bond acceptors (Lipinski definition) is 2. The molecule has 4 nitrogen and oxygen atoms in total. The minimum atomic E-state index is 0.339. The molecule has 3 N–H and O–H groups in total. The number of guanidine groups is 1. The summed E-state index contributed by atoms with van der Waals surface area (Å²) in [5, 5.41) is 3.09. The highest BCUT2D eigenvalue weighted by Crippen LogP contribution is 2.23. The molecule has 2 unspecified atom stereocenters. The number of nitrogens with one attached hydrogen (secondary N) is 1. The van der Waals surface area contributed by atoms with Crippen molar-refractivity contribution in [3.05, 3.63) is 0 Å². The van der Waals surface area contributed by atoms with Crippen LogP contribution < -0.4 is 11.1 Å². The number of methoxy groups -OCH3 is 1. The van der Waals surface area contributed by atoms with Crippen molar-refractivity contribution in [1.82, 2.24) is 5.32 Å². The lowest BCUT2D eigenvalue weighted by Gasteiger charge is -2.11. The van der Waals surface area contributed by atoms with Crippen LogP contribution >= 0.6 is 0 Å². The number of hydrogen-bond donors (Lipinski definition) is 2. The molecule has 0 amide bonds. The van der Waals surface area contributed by atoms with Crippen molar-refractivity contribution in [2.24, 2.45) is 10.7 Å². The lowest BCUT2D eigenvalue weighted by Crippen LogP contribution is -2.37. The zero-order valence-electron chi connectivity index (χ0n) is 9.29. The van der Waals surface area contributed by atoms with Crippen LogP contribution in [0.3, 0.4) is 0 Å². The quantitative estimate of drug-likeness (QED) is 0.523. The summed E-state index contributed by atoms with van der Waals surface area (Å²) in [5.74, 6) is 0.557. The molecule has 2 atom stereocenters. The lowest BCUT2D eigenvalue weighted by molar-refractivity contribution is 0.108. The van der Waals surface area contributed by atoms with Crippen molar-refractivity contribution in [3.63, 3.8) is 0 Å². The number of rotatable bonds is 3. The third-order valence-corrected chi connectivity index (χ3v) is 2.45. The first-order valence-corrected chi connectivity index (χ1v) is 5.24. The Balaban J connectivity index is 2.36. The Morgan fingerprint density at radius 3 is 2.71 bits per heavy atom. The normalized spacial score (nSPS) is 28.4. The summed E-state index contributed by atoms with van der Waals surface area (Å²) < 4.78 is 5.27. The molecule has 0 bridgehead atoms. The van der Waals surface area contributed by atoms with Crippen LogP contribution in [0.4, 0.5) is 0 Å². The third-order valence-electron chi connectivity index (χ3n) is 2.45. The Labute approximate surface area is 85.9 Å². The van der Waals surface area contributed by atoms with Crippen molar-refractivity contribution >= 4 is 5.96 Å². The molecular weight excluding hydrogens is 178 g/mol. The molecule has 1 rings (SSSR count). The molecule has 0 aromatic rings. The standard InChI is InChI=1S/C10H21N3O/c1-7(2)12-10(11)13-8-4-5-9(6-8)14-3/h7-9H,4-6H2,1-3H3,(H3,11,12,13). The van der Waals surface area contributed by atoms with E-state index in [1.54, 1.807) is 7.11 Å². The highest BCUT2D eigenvalue weighted by atomic mass is 16.5. The van der Waals surface area contributed by atoms with E-state index in [2.05, 4.69) is 24.2 Å². The monoisotopic (exact) mass is 199 g/mol. The minimum Gasteiger partial charge on any atom is -0.381 e. The molecule has 0 radical (unpaired) electrons. The average Bonchev–Trinajstić information content (AvgIpc) is 2.50. The molecule has 0 aliphatic heterocycles. The topological polar surface area (TPSA) is 59.6 Å². The van der Waals surface area contributed by atoms with E-state index in [4.69, 9.17) is 10.5 Å². The highest BCUT2D eigenvalue weighted by Gasteiger charge is 2.23. The van der Waals surface area contributed by atoms with Crippen molar-refractivity contribution in [3.8, 4) is 0 Å². The smallest absolute Gasteiger partial charge is 0.189 e. The third kappa shape index (κ3) is 3.54. The second-order valence-electron chi connectivity index (χ2n) is 4.14. The summed E-state index contributed by atoms with van der Waals surface area (Å²) in [6.07, 6.45) is 3.55. The Morgan fingerprint density at radius 1 is 1.50 bits per heavy atom. The summed E-state index contributed by atoms with van der Waals surface area (Å²) in [4.78, 5) is 4.42. The predicted octanol–water partition coefficient (Wildman–Crippen LogP) is 0.867. The van der Waals surface area contributed by atoms with Gasteiger partial charge in [-0.3, -0.25) is 4.99 Å². The molecule has 4 heteroatoms. The second kappa shape index (κ2) is 5.20. The Hall–Kier alpha value is -0.770. The van der Waals surface area contributed by atoms with Gasteiger partial charge in [-0.2, -0.15) is 0 Å². The fraction of sp³-hybridized carbons (Fsp3) is 0.900. The van der Waals surface area contributed by atoms with Gasteiger partial charge in [0.25, 0.3) is 0 Å². The van der Waals surface area contributed by atoms with Crippen molar-refractivity contribution in [2.45, 2.75) is 51.3 Å². The summed E-state index contributed by atoms with van der Waals surface area (Å²) in [5.41, 5.74) is 5.74. The average molecular weight is 199 g/mol. The van der Waals surface area contributed by atoms with E-state index in [1.165, 1.54) is 0 Å². The van der Waals surface area contributed by atoms with Gasteiger partial charge in [-0.1, -0.05) is 0 Å². The van der Waals surface area contributed by atoms with Crippen molar-refractivity contribution in [2.75, 3.05) is 7.11 Å². The van der Waals surface area contributed by atoms with Gasteiger partial charge in [-0.25, -0.2) is 0 Å². The maximum absolute atomic E-state index is 5.74. The van der Waals surface area contributed by atoms with Crippen molar-refractivity contribution < 1.29 is 4.74 Å². The lowest BCUT2D eigenvalue weighted by atomic mass is 10.2. The molecule has 1 fully saturated rings. The number of aliphatic imine (C=N–C) groups is 1. The second-order valence-corrected chi connectivity index (χ2v) is 4.14. The van der Waals surface area contributed by atoms with Gasteiger partial charge in [0, 0.05) is 13.2 Å². The molecule has 0 heterocycles. The van der Waals surface area contributed by atoms with Crippen LogP contribution in [0, 0.1) is 0 Å². The van der Waals surface area contributed by atoms with Crippen LogP contribution in [0.25, 0.3) is 0 Å². The first-order valence-electron chi connectivity index (χ1n) is 5.24.